The van der Waals surface area contributed by atoms with E-state index in [4.69, 9.17) is 9.47 Å². The summed E-state index contributed by atoms with van der Waals surface area (Å²) in [6.07, 6.45) is 6.53. The topological polar surface area (TPSA) is 210 Å². The van der Waals surface area contributed by atoms with Crippen LogP contribution in [0.4, 0.5) is 9.59 Å². The normalized spacial score (nSPS) is 12.8. The molecular formula is C53H80N6O9. The highest BCUT2D eigenvalue weighted by molar-refractivity contribution is 6.04. The number of hydrogen-bond acceptors (Lipinski definition) is 9. The van der Waals surface area contributed by atoms with Gasteiger partial charge >= 0.3 is 12.2 Å². The second-order valence-corrected chi connectivity index (χ2v) is 17.8. The maximum atomic E-state index is 13.1. The number of hydrogen-bond donors (Lipinski definition) is 6. The fourth-order valence-corrected chi connectivity index (χ4v) is 6.44. The van der Waals surface area contributed by atoms with Crippen LogP contribution in [0.15, 0.2) is 96.7 Å². The third kappa shape index (κ3) is 24.0. The van der Waals surface area contributed by atoms with Crippen molar-refractivity contribution < 1.29 is 43.0 Å². The van der Waals surface area contributed by atoms with Crippen LogP contribution in [0.3, 0.4) is 0 Å². The number of carbonyl (C=O) groups is 7. The molecule has 0 bridgehead atoms. The van der Waals surface area contributed by atoms with Crippen molar-refractivity contribution in [3.63, 3.8) is 0 Å². The molecule has 0 aliphatic carbocycles. The molecule has 2 rings (SSSR count). The number of alkyl carbamates (subject to hydrolysis) is 2. The van der Waals surface area contributed by atoms with Crippen molar-refractivity contribution in [2.24, 2.45) is 17.8 Å². The van der Waals surface area contributed by atoms with Gasteiger partial charge < -0.3 is 41.4 Å². The van der Waals surface area contributed by atoms with Crippen molar-refractivity contribution in [1.29, 1.82) is 0 Å². The summed E-state index contributed by atoms with van der Waals surface area (Å²) in [5.74, 6) is -2.48. The number of amides is 6. The van der Waals surface area contributed by atoms with Crippen LogP contribution in [0, 0.1) is 17.8 Å². The van der Waals surface area contributed by atoms with Gasteiger partial charge in [-0.25, -0.2) is 9.59 Å². The Kier molecular flexibility index (Phi) is 29.2. The fraction of sp³-hybridized carbons (Fsp3) is 0.528. The van der Waals surface area contributed by atoms with Gasteiger partial charge in [-0.1, -0.05) is 174 Å². The number of carbonyl (C=O) groups excluding carboxylic acids is 7. The Morgan fingerprint density at radius 1 is 0.588 bits per heavy atom. The molecule has 0 heterocycles. The minimum absolute atomic E-state index is 0.0242. The van der Waals surface area contributed by atoms with E-state index in [0.717, 1.165) is 49.7 Å². The maximum absolute atomic E-state index is 13.1. The lowest BCUT2D eigenvalue weighted by Crippen LogP contribution is -2.53. The predicted octanol–water partition coefficient (Wildman–Crippen LogP) is 8.50. The molecule has 6 N–H and O–H groups in total. The molecule has 0 aliphatic heterocycles. The van der Waals surface area contributed by atoms with Gasteiger partial charge in [0.2, 0.25) is 17.7 Å². The molecule has 0 fully saturated rings. The molecule has 0 saturated heterocycles. The highest BCUT2D eigenvalue weighted by atomic mass is 16.6. The molecule has 4 atom stereocenters. The molecule has 2 aromatic rings. The second-order valence-electron chi connectivity index (χ2n) is 17.8. The maximum Gasteiger partial charge on any atom is 0.408 e. The number of rotatable bonds is 28. The zero-order valence-electron chi connectivity index (χ0n) is 42.3. The smallest absolute Gasteiger partial charge is 0.408 e. The minimum atomic E-state index is -0.940. The van der Waals surface area contributed by atoms with Crippen molar-refractivity contribution in [2.45, 2.75) is 158 Å². The lowest BCUT2D eigenvalue weighted by atomic mass is 9.99. The first-order valence-electron chi connectivity index (χ1n) is 24.0. The van der Waals surface area contributed by atoms with Gasteiger partial charge in [-0.15, -0.1) is 0 Å². The van der Waals surface area contributed by atoms with Crippen LogP contribution in [-0.2, 0) is 46.7 Å². The summed E-state index contributed by atoms with van der Waals surface area (Å²) in [5.41, 5.74) is 2.39. The molecule has 68 heavy (non-hydrogen) atoms. The quantitative estimate of drug-likeness (QED) is 0.0356. The summed E-state index contributed by atoms with van der Waals surface area (Å²) >= 11 is 0. The Morgan fingerprint density at radius 3 is 1.47 bits per heavy atom. The highest BCUT2D eigenvalue weighted by Gasteiger charge is 2.30. The van der Waals surface area contributed by atoms with Crippen LogP contribution in [0.25, 0.3) is 0 Å². The van der Waals surface area contributed by atoms with E-state index < -0.39 is 48.2 Å². The standard InChI is InChI=1S/C28H41N3O5.C25H39N3O4/c1-8-9-15-22(25(32)20(6)7)29-26(33)23(16-18(2)3)30-27(34)24(19(4)5)31-28(35)36-17-21-13-11-10-12-14-21;1-6-8-15-21(19(5)23(29)26-16-9-7-2)27-24(30)22(18(3)4)28-25(31)32-17-20-13-11-10-12-14-20/h10-14,16,18-19,22,24H,6,8-9,15,17H2,1-5,7H3,(H,29,33)(H,30,34)(H,31,35);10-14,18,21-22H,5-9,15-17H2,1-4H3,(H,26,29)(H,27,30)(H,28,31)/b23-16+;/t22?,24-;/m0./s1. The van der Waals surface area contributed by atoms with Crippen LogP contribution in [0.5, 0.6) is 0 Å². The van der Waals surface area contributed by atoms with Gasteiger partial charge in [0.15, 0.2) is 5.78 Å². The van der Waals surface area contributed by atoms with Crippen LogP contribution in [0.1, 0.15) is 132 Å². The Morgan fingerprint density at radius 2 is 1.04 bits per heavy atom. The van der Waals surface area contributed by atoms with Gasteiger partial charge in [-0.05, 0) is 60.6 Å². The Labute approximate surface area is 405 Å². The zero-order valence-corrected chi connectivity index (χ0v) is 42.3. The average Bonchev–Trinajstić information content (AvgIpc) is 3.30. The van der Waals surface area contributed by atoms with E-state index in [2.05, 4.69) is 52.0 Å². The Balaban J connectivity index is 0.000000685. The largest absolute Gasteiger partial charge is 0.445 e. The number of Topliss-reactive ketones (excluding diaryl/α,β-unsaturated/α-hetero) is 1. The molecule has 15 nitrogen and oxygen atoms in total. The lowest BCUT2D eigenvalue weighted by Gasteiger charge is -2.26. The summed E-state index contributed by atoms with van der Waals surface area (Å²) < 4.78 is 10.5. The first-order valence-corrected chi connectivity index (χ1v) is 24.0. The SMILES string of the molecule is C=C(C(=O)NCCCC)C(CCCC)NC(=O)C(NC(=O)OCc1ccccc1)C(C)C.C=C(C)C(=O)C(CCCC)NC(=O)/C(=C\C(C)C)NC(=O)[C@@H](NC(=O)OCc1ccccc1)C(C)C. The van der Waals surface area contributed by atoms with Crippen LogP contribution < -0.4 is 31.9 Å². The highest BCUT2D eigenvalue weighted by Crippen LogP contribution is 2.14. The van der Waals surface area contributed by atoms with E-state index in [0.29, 0.717) is 30.5 Å². The van der Waals surface area contributed by atoms with Crippen molar-refractivity contribution in [1.82, 2.24) is 31.9 Å². The second kappa shape index (κ2) is 33.3. The van der Waals surface area contributed by atoms with Crippen LogP contribution >= 0.6 is 0 Å². The number of benzene rings is 2. The molecule has 376 valence electrons. The van der Waals surface area contributed by atoms with E-state index >= 15 is 0 Å². The minimum Gasteiger partial charge on any atom is -0.445 e. The Hall–Kier alpha value is -6.25. The molecule has 0 radical (unpaired) electrons. The molecular weight excluding hydrogens is 865 g/mol. The molecule has 0 saturated carbocycles. The Bertz CT molecular complexity index is 1950. The number of ketones is 1. The van der Waals surface area contributed by atoms with Crippen molar-refractivity contribution in [3.05, 3.63) is 108 Å². The number of allylic oxidation sites excluding steroid dienone is 1. The number of nitrogens with one attached hydrogen (secondary N) is 6. The van der Waals surface area contributed by atoms with E-state index in [1.165, 1.54) is 0 Å². The van der Waals surface area contributed by atoms with E-state index in [-0.39, 0.29) is 54.3 Å². The molecule has 3 unspecified atom stereocenters. The average molecular weight is 945 g/mol. The van der Waals surface area contributed by atoms with Crippen molar-refractivity contribution >= 4 is 41.6 Å². The van der Waals surface area contributed by atoms with E-state index in [1.807, 2.05) is 102 Å². The summed E-state index contributed by atoms with van der Waals surface area (Å²) in [6, 6.07) is 15.6. The van der Waals surface area contributed by atoms with E-state index in [1.54, 1.807) is 26.8 Å². The van der Waals surface area contributed by atoms with Crippen LogP contribution in [-0.4, -0.2) is 72.3 Å². The molecule has 0 aliphatic rings. The lowest BCUT2D eigenvalue weighted by molar-refractivity contribution is -0.127. The van der Waals surface area contributed by atoms with Gasteiger partial charge in [-0.2, -0.15) is 0 Å². The monoisotopic (exact) mass is 945 g/mol. The zero-order chi connectivity index (χ0) is 51.2. The van der Waals surface area contributed by atoms with Gasteiger partial charge in [0.05, 0.1) is 12.1 Å². The molecule has 0 aromatic heterocycles. The first-order chi connectivity index (χ1) is 32.2. The van der Waals surface area contributed by atoms with Crippen LogP contribution in [0.2, 0.25) is 0 Å². The number of ether oxygens (including phenoxy) is 2. The van der Waals surface area contributed by atoms with Crippen molar-refractivity contribution in [3.8, 4) is 0 Å². The third-order valence-corrected chi connectivity index (χ3v) is 10.5. The molecule has 15 heteroatoms. The predicted molar refractivity (Wildman–Crippen MR) is 268 cm³/mol. The van der Waals surface area contributed by atoms with Gasteiger partial charge in [0.1, 0.15) is 31.0 Å². The number of unbranched alkanes of at least 4 members (excludes halogenated alkanes) is 3. The molecule has 2 aromatic carbocycles. The van der Waals surface area contributed by atoms with Gasteiger partial charge in [0.25, 0.3) is 5.91 Å². The van der Waals surface area contributed by atoms with E-state index in [9.17, 15) is 33.6 Å². The van der Waals surface area contributed by atoms with Gasteiger partial charge in [0, 0.05) is 12.1 Å². The summed E-state index contributed by atoms with van der Waals surface area (Å²) in [7, 11) is 0. The summed E-state index contributed by atoms with van der Waals surface area (Å²) in [5, 5.41) is 16.4. The fourth-order valence-electron chi connectivity index (χ4n) is 6.44. The molecule has 0 spiro atoms. The van der Waals surface area contributed by atoms with Gasteiger partial charge in [-0.3, -0.25) is 24.0 Å². The summed E-state index contributed by atoms with van der Waals surface area (Å²) in [6.45, 7) is 27.1. The first kappa shape index (κ1) is 59.8. The van der Waals surface area contributed by atoms with Crippen molar-refractivity contribution in [2.75, 3.05) is 6.54 Å². The third-order valence-electron chi connectivity index (χ3n) is 10.5. The summed E-state index contributed by atoms with van der Waals surface area (Å²) in [4.78, 5) is 88.9. The molecule has 6 amide bonds.